The molecule has 0 saturated carbocycles. The first-order valence-corrected chi connectivity index (χ1v) is 12.2. The van der Waals surface area contributed by atoms with Crippen LogP contribution in [0.25, 0.3) is 11.1 Å². The fraction of sp³-hybridized carbons (Fsp3) is 0.308. The third kappa shape index (κ3) is 6.15. The van der Waals surface area contributed by atoms with Gasteiger partial charge in [-0.1, -0.05) is 50.2 Å². The zero-order valence-electron chi connectivity index (χ0n) is 19.4. The molecule has 1 fully saturated rings. The van der Waals surface area contributed by atoms with Crippen LogP contribution in [0.1, 0.15) is 23.5 Å². The predicted octanol–water partition coefficient (Wildman–Crippen LogP) is 5.71. The van der Waals surface area contributed by atoms with E-state index >= 15 is 0 Å². The Bertz CT molecular complexity index is 1120. The van der Waals surface area contributed by atoms with E-state index in [1.165, 1.54) is 11.3 Å². The van der Waals surface area contributed by atoms with Crippen LogP contribution in [0.3, 0.4) is 0 Å². The van der Waals surface area contributed by atoms with Crippen molar-refractivity contribution >= 4 is 39.7 Å². The molecule has 1 aliphatic heterocycles. The largest absolute Gasteiger partial charge is 0.449 e. The van der Waals surface area contributed by atoms with Crippen LogP contribution in [0.2, 0.25) is 0 Å². The molecule has 7 nitrogen and oxygen atoms in total. The summed E-state index contributed by atoms with van der Waals surface area (Å²) in [5.41, 5.74) is 3.26. The molecule has 178 valence electrons. The standard InChI is InChI=1S/C26H29N3O4S/c1-18(2)17-33-26(31)28-21-10-6-9-20(15-21)27-24(30)23-16-22(19-7-4-3-5-8-19)25(34-23)29-11-13-32-14-12-29/h3-10,15-16,18H,11-14,17H2,1-2H3,(H,27,30)(H,28,31). The third-order valence-electron chi connectivity index (χ3n) is 5.23. The summed E-state index contributed by atoms with van der Waals surface area (Å²) >= 11 is 1.48. The first-order chi connectivity index (χ1) is 16.5. The summed E-state index contributed by atoms with van der Waals surface area (Å²) in [4.78, 5) is 28.0. The molecule has 2 N–H and O–H groups in total. The van der Waals surface area contributed by atoms with Crippen LogP contribution >= 0.6 is 11.3 Å². The van der Waals surface area contributed by atoms with E-state index < -0.39 is 6.09 Å². The van der Waals surface area contributed by atoms with Crippen LogP contribution in [0, 0.1) is 5.92 Å². The lowest BCUT2D eigenvalue weighted by molar-refractivity contribution is 0.103. The van der Waals surface area contributed by atoms with E-state index in [0.29, 0.717) is 36.1 Å². The quantitative estimate of drug-likeness (QED) is 0.454. The number of thiophene rings is 1. The van der Waals surface area contributed by atoms with Crippen molar-refractivity contribution in [2.75, 3.05) is 48.4 Å². The number of ether oxygens (including phenoxy) is 2. The van der Waals surface area contributed by atoms with Gasteiger partial charge in [0.1, 0.15) is 0 Å². The summed E-state index contributed by atoms with van der Waals surface area (Å²) in [6.07, 6.45) is -0.516. The number of morpholine rings is 1. The Morgan fingerprint density at radius 1 is 1.00 bits per heavy atom. The lowest BCUT2D eigenvalue weighted by atomic mass is 10.1. The molecule has 1 aromatic heterocycles. The fourth-order valence-corrected chi connectivity index (χ4v) is 4.71. The zero-order chi connectivity index (χ0) is 23.9. The monoisotopic (exact) mass is 479 g/mol. The maximum Gasteiger partial charge on any atom is 0.411 e. The van der Waals surface area contributed by atoms with E-state index in [1.807, 2.05) is 38.1 Å². The minimum absolute atomic E-state index is 0.193. The van der Waals surface area contributed by atoms with Gasteiger partial charge in [-0.05, 0) is 35.7 Å². The second-order valence-electron chi connectivity index (χ2n) is 8.45. The number of nitrogens with one attached hydrogen (secondary N) is 2. The highest BCUT2D eigenvalue weighted by atomic mass is 32.1. The van der Waals surface area contributed by atoms with E-state index in [2.05, 4.69) is 27.7 Å². The molecular weight excluding hydrogens is 450 g/mol. The molecular formula is C26H29N3O4S. The van der Waals surface area contributed by atoms with Gasteiger partial charge in [0.15, 0.2) is 0 Å². The van der Waals surface area contributed by atoms with Crippen molar-refractivity contribution in [1.29, 1.82) is 0 Å². The highest BCUT2D eigenvalue weighted by molar-refractivity contribution is 7.18. The smallest absolute Gasteiger partial charge is 0.411 e. The molecule has 4 rings (SSSR count). The molecule has 2 heterocycles. The van der Waals surface area contributed by atoms with Gasteiger partial charge in [0.05, 0.1) is 29.7 Å². The minimum atomic E-state index is -0.516. The Balaban J connectivity index is 1.51. The van der Waals surface area contributed by atoms with E-state index in [1.54, 1.807) is 24.3 Å². The van der Waals surface area contributed by atoms with Crippen LogP contribution in [0.4, 0.5) is 21.2 Å². The average molecular weight is 480 g/mol. The van der Waals surface area contributed by atoms with E-state index in [9.17, 15) is 9.59 Å². The third-order valence-corrected chi connectivity index (χ3v) is 6.43. The number of carbonyl (C=O) groups excluding carboxylic acids is 2. The maximum atomic E-state index is 13.1. The summed E-state index contributed by atoms with van der Waals surface area (Å²) in [6.45, 7) is 7.23. The summed E-state index contributed by atoms with van der Waals surface area (Å²) in [6, 6.07) is 19.1. The molecule has 0 bridgehead atoms. The lowest BCUT2D eigenvalue weighted by Gasteiger charge is -2.28. The first-order valence-electron chi connectivity index (χ1n) is 11.4. The Labute approximate surface area is 203 Å². The zero-order valence-corrected chi connectivity index (χ0v) is 20.2. The van der Waals surface area contributed by atoms with Crippen LogP contribution in [-0.2, 0) is 9.47 Å². The molecule has 0 aliphatic carbocycles. The molecule has 0 unspecified atom stereocenters. The Hall–Kier alpha value is -3.36. The summed E-state index contributed by atoms with van der Waals surface area (Å²) < 4.78 is 10.7. The van der Waals surface area contributed by atoms with Crippen molar-refractivity contribution in [3.05, 3.63) is 65.5 Å². The predicted molar refractivity (Wildman–Crippen MR) is 137 cm³/mol. The molecule has 3 aromatic rings. The highest BCUT2D eigenvalue weighted by Crippen LogP contribution is 2.39. The maximum absolute atomic E-state index is 13.1. The molecule has 0 radical (unpaired) electrons. The second kappa shape index (κ2) is 11.2. The van der Waals surface area contributed by atoms with Gasteiger partial charge >= 0.3 is 6.09 Å². The number of carbonyl (C=O) groups is 2. The highest BCUT2D eigenvalue weighted by Gasteiger charge is 2.22. The molecule has 2 amide bonds. The number of hydrogen-bond acceptors (Lipinski definition) is 6. The topological polar surface area (TPSA) is 79.9 Å². The van der Waals surface area contributed by atoms with Crippen LogP contribution < -0.4 is 15.5 Å². The van der Waals surface area contributed by atoms with Crippen molar-refractivity contribution in [3.8, 4) is 11.1 Å². The van der Waals surface area contributed by atoms with Gasteiger partial charge in [-0.3, -0.25) is 10.1 Å². The molecule has 0 spiro atoms. The van der Waals surface area contributed by atoms with Crippen molar-refractivity contribution in [1.82, 2.24) is 0 Å². The number of rotatable bonds is 7. The number of anilines is 3. The summed E-state index contributed by atoms with van der Waals surface area (Å²) in [5, 5.41) is 6.73. The average Bonchev–Trinajstić information content (AvgIpc) is 3.30. The number of amides is 2. The van der Waals surface area contributed by atoms with E-state index in [4.69, 9.17) is 9.47 Å². The summed E-state index contributed by atoms with van der Waals surface area (Å²) in [5.74, 6) is 0.0616. The normalized spacial score (nSPS) is 13.6. The molecule has 2 aromatic carbocycles. The fourth-order valence-electron chi connectivity index (χ4n) is 3.58. The second-order valence-corrected chi connectivity index (χ2v) is 9.48. The molecule has 1 saturated heterocycles. The lowest BCUT2D eigenvalue weighted by Crippen LogP contribution is -2.35. The van der Waals surface area contributed by atoms with Gasteiger partial charge in [0.2, 0.25) is 0 Å². The van der Waals surface area contributed by atoms with Gasteiger partial charge in [0.25, 0.3) is 5.91 Å². The number of hydrogen-bond donors (Lipinski definition) is 2. The van der Waals surface area contributed by atoms with Gasteiger partial charge in [-0.25, -0.2) is 4.79 Å². The molecule has 1 aliphatic rings. The Kier molecular flexibility index (Phi) is 7.82. The van der Waals surface area contributed by atoms with Crippen molar-refractivity contribution in [3.63, 3.8) is 0 Å². The molecule has 0 atom stereocenters. The summed E-state index contributed by atoms with van der Waals surface area (Å²) in [7, 11) is 0. The van der Waals surface area contributed by atoms with Crippen molar-refractivity contribution in [2.24, 2.45) is 5.92 Å². The van der Waals surface area contributed by atoms with E-state index in [0.717, 1.165) is 29.2 Å². The first kappa shape index (κ1) is 23.8. The van der Waals surface area contributed by atoms with Crippen LogP contribution in [0.15, 0.2) is 60.7 Å². The van der Waals surface area contributed by atoms with Gasteiger partial charge in [-0.15, -0.1) is 11.3 Å². The molecule has 8 heteroatoms. The van der Waals surface area contributed by atoms with Gasteiger partial charge in [-0.2, -0.15) is 0 Å². The number of nitrogens with zero attached hydrogens (tertiary/aromatic N) is 1. The van der Waals surface area contributed by atoms with Crippen molar-refractivity contribution in [2.45, 2.75) is 13.8 Å². The van der Waals surface area contributed by atoms with Crippen LogP contribution in [0.5, 0.6) is 0 Å². The number of benzene rings is 2. The molecule has 34 heavy (non-hydrogen) atoms. The van der Waals surface area contributed by atoms with Crippen LogP contribution in [-0.4, -0.2) is 44.9 Å². The SMILES string of the molecule is CC(C)COC(=O)Nc1cccc(NC(=O)c2cc(-c3ccccc3)c(N3CCOCC3)s2)c1. The Morgan fingerprint density at radius 2 is 1.71 bits per heavy atom. The van der Waals surface area contributed by atoms with Gasteiger partial charge in [0, 0.05) is 30.0 Å². The van der Waals surface area contributed by atoms with E-state index in [-0.39, 0.29) is 11.8 Å². The van der Waals surface area contributed by atoms with Crippen molar-refractivity contribution < 1.29 is 19.1 Å². The Morgan fingerprint density at radius 3 is 2.41 bits per heavy atom. The van der Waals surface area contributed by atoms with Gasteiger partial charge < -0.3 is 19.7 Å². The minimum Gasteiger partial charge on any atom is -0.449 e.